The molecule has 0 saturated carbocycles. The van der Waals surface area contributed by atoms with E-state index in [2.05, 4.69) is 0 Å². The molecule has 3 aliphatic heterocycles. The first kappa shape index (κ1) is 21.4. The Morgan fingerprint density at radius 2 is 1.84 bits per heavy atom. The number of esters is 2. The number of methoxy groups -OCH3 is 1. The summed E-state index contributed by atoms with van der Waals surface area (Å²) in [6, 6.07) is 3.53. The van der Waals surface area contributed by atoms with Crippen LogP contribution in [0, 0.1) is 22.0 Å². The molecule has 2 amide bonds. The van der Waals surface area contributed by atoms with Crippen LogP contribution in [0.15, 0.2) is 30.4 Å². The van der Waals surface area contributed by atoms with Gasteiger partial charge in [0.25, 0.3) is 12.0 Å². The van der Waals surface area contributed by atoms with Crippen LogP contribution in [0.5, 0.6) is 5.75 Å². The number of imide groups is 1. The molecule has 2 saturated heterocycles. The quantitative estimate of drug-likeness (QED) is 0.154. The highest BCUT2D eigenvalue weighted by atomic mass is 16.7. The molecule has 4 rings (SSSR count). The third kappa shape index (κ3) is 3.02. The molecule has 0 aromatic heterocycles. The van der Waals surface area contributed by atoms with Crippen molar-refractivity contribution in [2.24, 2.45) is 11.8 Å². The number of hydrogen-bond acceptors (Lipinski definition) is 10. The van der Waals surface area contributed by atoms with Gasteiger partial charge < -0.3 is 18.9 Å². The zero-order chi connectivity index (χ0) is 23.4. The third-order valence-electron chi connectivity index (χ3n) is 5.61. The molecule has 0 N–H and O–H groups in total. The monoisotopic (exact) mass is 446 g/mol. The van der Waals surface area contributed by atoms with Crippen LogP contribution in [0.3, 0.4) is 0 Å². The molecule has 0 aliphatic carbocycles. The molecule has 1 aromatic carbocycles. The van der Waals surface area contributed by atoms with Crippen molar-refractivity contribution in [3.05, 3.63) is 40.5 Å². The van der Waals surface area contributed by atoms with Crippen LogP contribution in [-0.2, 0) is 33.4 Å². The van der Waals surface area contributed by atoms with Gasteiger partial charge in [-0.05, 0) is 12.1 Å². The Morgan fingerprint density at radius 3 is 2.41 bits per heavy atom. The van der Waals surface area contributed by atoms with Gasteiger partial charge in [-0.1, -0.05) is 6.08 Å². The summed E-state index contributed by atoms with van der Waals surface area (Å²) in [6.07, 6.45) is 0.507. The number of carbonyl (C=O) groups is 4. The highest BCUT2D eigenvalue weighted by Crippen LogP contribution is 2.55. The lowest BCUT2D eigenvalue weighted by Crippen LogP contribution is -2.52. The van der Waals surface area contributed by atoms with Gasteiger partial charge in [0, 0.05) is 26.0 Å². The van der Waals surface area contributed by atoms with Gasteiger partial charge in [-0.2, -0.15) is 0 Å². The van der Waals surface area contributed by atoms with Crippen molar-refractivity contribution in [3.63, 3.8) is 0 Å². The first-order chi connectivity index (χ1) is 15.1. The lowest BCUT2D eigenvalue weighted by molar-refractivity contribution is -0.384. The van der Waals surface area contributed by atoms with Gasteiger partial charge in [-0.25, -0.2) is 4.90 Å². The number of nitro benzene ring substituents is 1. The van der Waals surface area contributed by atoms with Crippen molar-refractivity contribution in [1.82, 2.24) is 0 Å². The molecule has 0 spiro atoms. The Labute approximate surface area is 180 Å². The van der Waals surface area contributed by atoms with Crippen molar-refractivity contribution < 1.29 is 43.0 Å². The van der Waals surface area contributed by atoms with Crippen molar-refractivity contribution in [2.45, 2.75) is 31.8 Å². The van der Waals surface area contributed by atoms with Crippen molar-refractivity contribution >= 4 is 35.1 Å². The number of hydrogen-bond donors (Lipinski definition) is 0. The molecule has 0 radical (unpaired) electrons. The number of non-ortho nitro benzene ring substituents is 1. The molecular weight excluding hydrogens is 428 g/mol. The normalized spacial score (nSPS) is 27.6. The number of fused-ring (bicyclic) bond motifs is 5. The summed E-state index contributed by atoms with van der Waals surface area (Å²) in [5, 5.41) is 11.2. The number of carbonyl (C=O) groups excluding carboxylic acids is 4. The van der Waals surface area contributed by atoms with E-state index in [-0.39, 0.29) is 17.1 Å². The minimum Gasteiger partial charge on any atom is -0.495 e. The maximum Gasteiger partial charge on any atom is 0.305 e. The van der Waals surface area contributed by atoms with E-state index in [4.69, 9.17) is 18.9 Å². The van der Waals surface area contributed by atoms with Crippen molar-refractivity contribution in [3.8, 4) is 5.75 Å². The molecule has 2 bridgehead atoms. The second-order valence-corrected chi connectivity index (χ2v) is 7.47. The molecule has 4 atom stereocenters. The number of amides is 2. The Hall–Kier alpha value is -3.80. The zero-order valence-electron chi connectivity index (χ0n) is 17.2. The fourth-order valence-corrected chi connectivity index (χ4v) is 4.42. The molecule has 32 heavy (non-hydrogen) atoms. The lowest BCUT2D eigenvalue weighted by atomic mass is 9.76. The minimum atomic E-state index is -1.72. The number of rotatable bonds is 6. The van der Waals surface area contributed by atoms with Crippen LogP contribution >= 0.6 is 0 Å². The Morgan fingerprint density at radius 1 is 1.19 bits per heavy atom. The Balaban J connectivity index is 1.79. The largest absolute Gasteiger partial charge is 0.495 e. The van der Waals surface area contributed by atoms with E-state index in [0.717, 1.165) is 24.8 Å². The van der Waals surface area contributed by atoms with Crippen LogP contribution in [0.4, 0.5) is 11.4 Å². The van der Waals surface area contributed by atoms with E-state index in [1.54, 1.807) is 0 Å². The summed E-state index contributed by atoms with van der Waals surface area (Å²) in [6.45, 7) is 2.19. The standard InChI is InChI=1S/C20H18N2O10/c1-9(23)30-19(31-10(2)24)20-7-6-14(32-20)15-16(20)18(26)21(17(15)25)12-8-11(22(27)28)4-5-13(12)29-3/h4-8,14-16,19H,1-3H3/t14-,15-,16-,20+/m0/s1. The minimum absolute atomic E-state index is 0.0732. The Kier molecular flexibility index (Phi) is 4.96. The fourth-order valence-electron chi connectivity index (χ4n) is 4.42. The maximum absolute atomic E-state index is 13.5. The van der Waals surface area contributed by atoms with Crippen LogP contribution in [-0.4, -0.2) is 53.8 Å². The number of anilines is 1. The average Bonchev–Trinajstić information content (AvgIpc) is 3.37. The van der Waals surface area contributed by atoms with E-state index >= 15 is 0 Å². The number of nitro groups is 1. The zero-order valence-corrected chi connectivity index (χ0v) is 17.2. The summed E-state index contributed by atoms with van der Waals surface area (Å²) < 4.78 is 21.3. The number of nitrogens with zero attached hydrogens (tertiary/aromatic N) is 2. The topological polar surface area (TPSA) is 152 Å². The van der Waals surface area contributed by atoms with Crippen LogP contribution < -0.4 is 9.64 Å². The molecule has 0 unspecified atom stereocenters. The van der Waals surface area contributed by atoms with Crippen LogP contribution in [0.25, 0.3) is 0 Å². The summed E-state index contributed by atoms with van der Waals surface area (Å²) in [7, 11) is 1.30. The molecule has 12 nitrogen and oxygen atoms in total. The van der Waals surface area contributed by atoms with Gasteiger partial charge >= 0.3 is 11.9 Å². The van der Waals surface area contributed by atoms with E-state index in [1.807, 2.05) is 0 Å². The van der Waals surface area contributed by atoms with E-state index in [1.165, 1.54) is 31.4 Å². The van der Waals surface area contributed by atoms with Gasteiger partial charge in [-0.3, -0.25) is 29.3 Å². The van der Waals surface area contributed by atoms with E-state index in [0.29, 0.717) is 0 Å². The number of benzene rings is 1. The number of ether oxygens (including phenoxy) is 4. The predicted octanol–water partition coefficient (Wildman–Crippen LogP) is 0.869. The highest BCUT2D eigenvalue weighted by Gasteiger charge is 2.72. The summed E-state index contributed by atoms with van der Waals surface area (Å²) in [5.41, 5.74) is -2.16. The molecule has 3 heterocycles. The van der Waals surface area contributed by atoms with Gasteiger partial charge in [-0.15, -0.1) is 0 Å². The van der Waals surface area contributed by atoms with Crippen molar-refractivity contribution in [1.29, 1.82) is 0 Å². The third-order valence-corrected chi connectivity index (χ3v) is 5.61. The van der Waals surface area contributed by atoms with Gasteiger partial charge in [0.15, 0.2) is 5.60 Å². The van der Waals surface area contributed by atoms with E-state index in [9.17, 15) is 29.3 Å². The summed E-state index contributed by atoms with van der Waals surface area (Å²) in [4.78, 5) is 61.4. The van der Waals surface area contributed by atoms with Crippen LogP contribution in [0.1, 0.15) is 13.8 Å². The first-order valence-electron chi connectivity index (χ1n) is 9.52. The average molecular weight is 446 g/mol. The lowest BCUT2D eigenvalue weighted by Gasteiger charge is -2.34. The highest BCUT2D eigenvalue weighted by molar-refractivity contribution is 6.24. The van der Waals surface area contributed by atoms with Gasteiger partial charge in [0.2, 0.25) is 11.8 Å². The Bertz CT molecular complexity index is 1070. The summed E-state index contributed by atoms with van der Waals surface area (Å²) in [5.74, 6) is -5.13. The van der Waals surface area contributed by atoms with Gasteiger partial charge in [0.1, 0.15) is 11.4 Å². The smallest absolute Gasteiger partial charge is 0.305 e. The second kappa shape index (κ2) is 7.41. The molecule has 1 aromatic rings. The maximum atomic E-state index is 13.5. The second-order valence-electron chi connectivity index (χ2n) is 7.47. The molecule has 168 valence electrons. The summed E-state index contributed by atoms with van der Waals surface area (Å²) >= 11 is 0. The molecular formula is C20H18N2O10. The first-order valence-corrected chi connectivity index (χ1v) is 9.52. The predicted molar refractivity (Wildman–Crippen MR) is 103 cm³/mol. The molecule has 12 heteroatoms. The fraction of sp³-hybridized carbons (Fsp3) is 0.400. The molecule has 2 fully saturated rings. The van der Waals surface area contributed by atoms with Gasteiger partial charge in [0.05, 0.1) is 30.0 Å². The molecule has 3 aliphatic rings. The van der Waals surface area contributed by atoms with Crippen molar-refractivity contribution in [2.75, 3.05) is 12.0 Å². The van der Waals surface area contributed by atoms with E-state index < -0.39 is 58.5 Å². The SMILES string of the molecule is COc1ccc([N+](=O)[O-])cc1N1C(=O)[C@H]2[C@@H]3C=C[C@@](C(OC(C)=O)OC(C)=O)(O3)[C@@H]2C1=O. The van der Waals surface area contributed by atoms with Crippen LogP contribution in [0.2, 0.25) is 0 Å².